The van der Waals surface area contributed by atoms with Crippen LogP contribution in [0.4, 0.5) is 5.69 Å². The van der Waals surface area contributed by atoms with Crippen LogP contribution in [0.15, 0.2) is 46.9 Å². The highest BCUT2D eigenvalue weighted by atomic mass is 79.9. The second-order valence-electron chi connectivity index (χ2n) is 4.75. The Kier molecular flexibility index (Phi) is 5.76. The summed E-state index contributed by atoms with van der Waals surface area (Å²) < 4.78 is 11.5. The number of hydrogen-bond acceptors (Lipinski definition) is 4. The summed E-state index contributed by atoms with van der Waals surface area (Å²) in [4.78, 5) is 23.3. The van der Waals surface area contributed by atoms with Gasteiger partial charge < -0.3 is 14.8 Å². The zero-order valence-corrected chi connectivity index (χ0v) is 14.3. The molecule has 23 heavy (non-hydrogen) atoms. The van der Waals surface area contributed by atoms with Crippen molar-refractivity contribution in [2.24, 2.45) is 0 Å². The third-order valence-corrected chi connectivity index (χ3v) is 3.63. The van der Waals surface area contributed by atoms with Gasteiger partial charge >= 0.3 is 0 Å². The van der Waals surface area contributed by atoms with Crippen molar-refractivity contribution in [3.63, 3.8) is 0 Å². The number of benzene rings is 2. The molecule has 120 valence electrons. The van der Waals surface area contributed by atoms with Gasteiger partial charge in [0.2, 0.25) is 0 Å². The molecule has 1 N–H and O–H groups in total. The van der Waals surface area contributed by atoms with E-state index in [-0.39, 0.29) is 5.91 Å². The number of nitrogens with one attached hydrogen (secondary N) is 1. The largest absolute Gasteiger partial charge is 0.495 e. The molecule has 1 atom stereocenters. The Balaban J connectivity index is 2.10. The van der Waals surface area contributed by atoms with Crippen molar-refractivity contribution in [2.45, 2.75) is 13.0 Å². The van der Waals surface area contributed by atoms with Gasteiger partial charge in [0.15, 0.2) is 12.4 Å². The molecule has 0 aromatic heterocycles. The number of hydrogen-bond donors (Lipinski definition) is 1. The summed E-state index contributed by atoms with van der Waals surface area (Å²) in [6.07, 6.45) is -0.0925. The van der Waals surface area contributed by atoms with Crippen LogP contribution in [0, 0.1) is 0 Å². The van der Waals surface area contributed by atoms with Crippen molar-refractivity contribution in [1.29, 1.82) is 0 Å². The number of ether oxygens (including phenoxy) is 2. The Morgan fingerprint density at radius 3 is 2.65 bits per heavy atom. The Morgan fingerprint density at radius 1 is 1.22 bits per heavy atom. The number of amides is 1. The minimum absolute atomic E-state index is 0.339. The molecule has 2 rings (SSSR count). The van der Waals surface area contributed by atoms with Gasteiger partial charge in [-0.1, -0.05) is 28.1 Å². The molecular weight excluding hydrogens is 362 g/mol. The van der Waals surface area contributed by atoms with E-state index in [1.807, 2.05) is 6.07 Å². The van der Waals surface area contributed by atoms with Crippen molar-refractivity contribution in [1.82, 2.24) is 0 Å². The van der Waals surface area contributed by atoms with Gasteiger partial charge in [-0.05, 0) is 37.3 Å². The van der Waals surface area contributed by atoms with Crippen molar-refractivity contribution in [3.05, 3.63) is 52.5 Å². The Morgan fingerprint density at radius 2 is 1.96 bits per heavy atom. The average Bonchev–Trinajstić information content (AvgIpc) is 2.56. The molecule has 6 heteroatoms. The first-order chi connectivity index (χ1) is 11.0. The molecule has 0 radical (unpaired) electrons. The first kappa shape index (κ1) is 17.0. The van der Waals surface area contributed by atoms with Crippen LogP contribution in [-0.4, -0.2) is 25.4 Å². The number of carbonyl (C=O) groups excluding carboxylic acids is 2. The fourth-order valence-electron chi connectivity index (χ4n) is 1.94. The predicted octanol–water partition coefficient (Wildman–Crippen LogP) is 3.68. The highest BCUT2D eigenvalue weighted by Gasteiger charge is 2.18. The molecule has 1 amide bonds. The highest BCUT2D eigenvalue weighted by Crippen LogP contribution is 2.25. The molecule has 0 aliphatic heterocycles. The lowest BCUT2D eigenvalue weighted by atomic mass is 10.2. The van der Waals surface area contributed by atoms with Crippen LogP contribution in [0.5, 0.6) is 11.5 Å². The van der Waals surface area contributed by atoms with E-state index in [1.165, 1.54) is 7.11 Å². The number of halogens is 1. The van der Waals surface area contributed by atoms with E-state index in [2.05, 4.69) is 21.2 Å². The Hall–Kier alpha value is -2.34. The van der Waals surface area contributed by atoms with Crippen LogP contribution >= 0.6 is 15.9 Å². The van der Waals surface area contributed by atoms with Crippen molar-refractivity contribution in [2.75, 3.05) is 12.4 Å². The lowest BCUT2D eigenvalue weighted by molar-refractivity contribution is -0.122. The number of methoxy groups -OCH3 is 1. The molecule has 0 bridgehead atoms. The highest BCUT2D eigenvalue weighted by molar-refractivity contribution is 9.10. The van der Waals surface area contributed by atoms with Gasteiger partial charge in [0.05, 0.1) is 18.4 Å². The minimum Gasteiger partial charge on any atom is -0.495 e. The van der Waals surface area contributed by atoms with Gasteiger partial charge in [0, 0.05) is 4.47 Å². The monoisotopic (exact) mass is 377 g/mol. The van der Waals surface area contributed by atoms with Crippen LogP contribution in [0.3, 0.4) is 0 Å². The minimum atomic E-state index is -0.778. The summed E-state index contributed by atoms with van der Waals surface area (Å²) in [7, 11) is 1.53. The molecule has 0 fully saturated rings. The maximum atomic E-state index is 12.3. The third-order valence-electron chi connectivity index (χ3n) is 3.14. The SMILES string of the molecule is COc1ccccc1NC(=O)[C@H](C)Oc1ccc(Br)cc1C=O. The summed E-state index contributed by atoms with van der Waals surface area (Å²) in [5.74, 6) is 0.574. The van der Waals surface area contributed by atoms with Gasteiger partial charge in [0.25, 0.3) is 5.91 Å². The van der Waals surface area contributed by atoms with Crippen LogP contribution in [0.25, 0.3) is 0 Å². The summed E-state index contributed by atoms with van der Waals surface area (Å²) in [6.45, 7) is 1.61. The average molecular weight is 378 g/mol. The predicted molar refractivity (Wildman–Crippen MR) is 91.2 cm³/mol. The van der Waals surface area contributed by atoms with E-state index in [4.69, 9.17) is 9.47 Å². The van der Waals surface area contributed by atoms with E-state index in [9.17, 15) is 9.59 Å². The molecular formula is C17H16BrNO4. The fraction of sp³-hybridized carbons (Fsp3) is 0.176. The van der Waals surface area contributed by atoms with Gasteiger partial charge in [-0.3, -0.25) is 9.59 Å². The van der Waals surface area contributed by atoms with Crippen LogP contribution in [0.1, 0.15) is 17.3 Å². The normalized spacial score (nSPS) is 11.4. The molecule has 2 aromatic carbocycles. The zero-order chi connectivity index (χ0) is 16.8. The summed E-state index contributed by atoms with van der Waals surface area (Å²) >= 11 is 3.28. The molecule has 5 nitrogen and oxygen atoms in total. The summed E-state index contributed by atoms with van der Waals surface area (Å²) in [6, 6.07) is 12.1. The van der Waals surface area contributed by atoms with Crippen LogP contribution in [-0.2, 0) is 4.79 Å². The lowest BCUT2D eigenvalue weighted by Gasteiger charge is -2.17. The molecule has 0 aliphatic rings. The van der Waals surface area contributed by atoms with Gasteiger partial charge in [-0.15, -0.1) is 0 Å². The lowest BCUT2D eigenvalue weighted by Crippen LogP contribution is -2.30. The van der Waals surface area contributed by atoms with E-state index in [0.717, 1.165) is 4.47 Å². The van der Waals surface area contributed by atoms with Crippen molar-refractivity contribution >= 4 is 33.8 Å². The Labute approximate surface area is 142 Å². The topological polar surface area (TPSA) is 64.6 Å². The first-order valence-electron chi connectivity index (χ1n) is 6.90. The van der Waals surface area contributed by atoms with Gasteiger partial charge in [-0.2, -0.15) is 0 Å². The second kappa shape index (κ2) is 7.78. The number of aldehydes is 1. The molecule has 0 saturated carbocycles. The molecule has 0 spiro atoms. The zero-order valence-electron chi connectivity index (χ0n) is 12.7. The summed E-state index contributed by atoms with van der Waals surface area (Å²) in [5.41, 5.74) is 0.929. The Bertz CT molecular complexity index is 717. The maximum absolute atomic E-state index is 12.3. The number of anilines is 1. The van der Waals surface area contributed by atoms with Crippen molar-refractivity contribution < 1.29 is 19.1 Å². The molecule has 0 aliphatic carbocycles. The third kappa shape index (κ3) is 4.32. The van der Waals surface area contributed by atoms with Crippen molar-refractivity contribution in [3.8, 4) is 11.5 Å². The molecule has 0 unspecified atom stereocenters. The first-order valence-corrected chi connectivity index (χ1v) is 7.69. The number of rotatable bonds is 6. The molecule has 0 heterocycles. The van der Waals surface area contributed by atoms with E-state index in [1.54, 1.807) is 43.3 Å². The van der Waals surface area contributed by atoms with E-state index < -0.39 is 6.10 Å². The van der Waals surface area contributed by atoms with E-state index >= 15 is 0 Å². The quantitative estimate of drug-likeness (QED) is 0.779. The fourth-order valence-corrected chi connectivity index (χ4v) is 2.32. The second-order valence-corrected chi connectivity index (χ2v) is 5.67. The van der Waals surface area contributed by atoms with Crippen LogP contribution < -0.4 is 14.8 Å². The van der Waals surface area contributed by atoms with E-state index in [0.29, 0.717) is 29.0 Å². The summed E-state index contributed by atoms with van der Waals surface area (Å²) in [5, 5.41) is 2.74. The molecule has 2 aromatic rings. The van der Waals surface area contributed by atoms with Gasteiger partial charge in [-0.25, -0.2) is 0 Å². The van der Waals surface area contributed by atoms with Crippen LogP contribution in [0.2, 0.25) is 0 Å². The standard InChI is InChI=1S/C17H16BrNO4/c1-11(23-15-8-7-13(18)9-12(15)10-20)17(21)19-14-5-3-4-6-16(14)22-2/h3-11H,1-2H3,(H,19,21)/t11-/m0/s1. The van der Waals surface area contributed by atoms with Gasteiger partial charge in [0.1, 0.15) is 11.5 Å². The smallest absolute Gasteiger partial charge is 0.265 e. The molecule has 0 saturated heterocycles. The number of para-hydroxylation sites is 2. The number of carbonyl (C=O) groups is 2. The maximum Gasteiger partial charge on any atom is 0.265 e.